The minimum Gasteiger partial charge on any atom is -0.504 e. The SMILES string of the molecule is CCc1ccccc1NC(=O)C(Cc1ccc(O)c(OC)c1)c1nn[nH]n1. The van der Waals surface area contributed by atoms with E-state index in [9.17, 15) is 9.90 Å². The molecule has 0 aliphatic carbocycles. The zero-order valence-electron chi connectivity index (χ0n) is 15.1. The van der Waals surface area contributed by atoms with Gasteiger partial charge in [0.2, 0.25) is 5.91 Å². The second-order valence-corrected chi connectivity index (χ2v) is 6.03. The summed E-state index contributed by atoms with van der Waals surface area (Å²) in [4.78, 5) is 13.0. The molecule has 8 nitrogen and oxygen atoms in total. The molecule has 140 valence electrons. The van der Waals surface area contributed by atoms with Crippen LogP contribution in [0.2, 0.25) is 0 Å². The second kappa shape index (κ2) is 8.31. The number of carbonyl (C=O) groups is 1. The van der Waals surface area contributed by atoms with E-state index >= 15 is 0 Å². The number of hydrogen-bond donors (Lipinski definition) is 3. The Labute approximate surface area is 156 Å². The summed E-state index contributed by atoms with van der Waals surface area (Å²) < 4.78 is 5.14. The Morgan fingerprint density at radius 1 is 1.30 bits per heavy atom. The maximum absolute atomic E-state index is 13.0. The number of benzene rings is 2. The highest BCUT2D eigenvalue weighted by Gasteiger charge is 2.26. The first-order chi connectivity index (χ1) is 13.1. The molecular weight excluding hydrogens is 346 g/mol. The summed E-state index contributed by atoms with van der Waals surface area (Å²) in [6, 6.07) is 12.6. The number of rotatable bonds is 7. The summed E-state index contributed by atoms with van der Waals surface area (Å²) in [6.07, 6.45) is 1.13. The van der Waals surface area contributed by atoms with Crippen LogP contribution < -0.4 is 10.1 Å². The predicted octanol–water partition coefficient (Wildman–Crippen LogP) is 2.44. The van der Waals surface area contributed by atoms with Crippen molar-refractivity contribution in [1.29, 1.82) is 0 Å². The van der Waals surface area contributed by atoms with Crippen LogP contribution in [0.25, 0.3) is 0 Å². The van der Waals surface area contributed by atoms with Gasteiger partial charge >= 0.3 is 0 Å². The molecule has 3 aromatic rings. The van der Waals surface area contributed by atoms with Crippen molar-refractivity contribution >= 4 is 11.6 Å². The van der Waals surface area contributed by atoms with Gasteiger partial charge in [0.15, 0.2) is 17.3 Å². The van der Waals surface area contributed by atoms with Gasteiger partial charge < -0.3 is 15.2 Å². The van der Waals surface area contributed by atoms with E-state index in [1.54, 1.807) is 12.1 Å². The Bertz CT molecular complexity index is 911. The summed E-state index contributed by atoms with van der Waals surface area (Å²) in [7, 11) is 1.48. The first-order valence-corrected chi connectivity index (χ1v) is 8.60. The molecule has 2 aromatic carbocycles. The summed E-state index contributed by atoms with van der Waals surface area (Å²) in [5.41, 5.74) is 2.61. The highest BCUT2D eigenvalue weighted by atomic mass is 16.5. The van der Waals surface area contributed by atoms with Crippen LogP contribution in [-0.2, 0) is 17.6 Å². The standard InChI is InChI=1S/C19H21N5O3/c1-3-13-6-4-5-7-15(13)20-19(26)14(18-21-23-24-22-18)10-12-8-9-16(25)17(11-12)27-2/h4-9,11,14,25H,3,10H2,1-2H3,(H,20,26)(H,21,22,23,24). The fourth-order valence-corrected chi connectivity index (χ4v) is 2.87. The number of ether oxygens (including phenoxy) is 1. The van der Waals surface area contributed by atoms with Gasteiger partial charge in [0.1, 0.15) is 5.92 Å². The summed E-state index contributed by atoms with van der Waals surface area (Å²) in [5.74, 6) is -0.199. The van der Waals surface area contributed by atoms with Gasteiger partial charge in [-0.15, -0.1) is 10.2 Å². The Kier molecular flexibility index (Phi) is 5.65. The molecule has 1 atom stereocenters. The number of anilines is 1. The van der Waals surface area contributed by atoms with Crippen LogP contribution >= 0.6 is 0 Å². The number of phenolic OH excluding ortho intramolecular Hbond substituents is 1. The minimum atomic E-state index is -0.650. The zero-order valence-corrected chi connectivity index (χ0v) is 15.1. The molecule has 1 heterocycles. The molecule has 0 aliphatic heterocycles. The average molecular weight is 367 g/mol. The smallest absolute Gasteiger partial charge is 0.235 e. The maximum atomic E-state index is 13.0. The number of aromatic nitrogens is 4. The highest BCUT2D eigenvalue weighted by molar-refractivity contribution is 5.96. The molecule has 0 saturated carbocycles. The van der Waals surface area contributed by atoms with E-state index in [0.29, 0.717) is 18.0 Å². The number of aromatic hydroxyl groups is 1. The number of nitrogens with one attached hydrogen (secondary N) is 2. The number of amides is 1. The van der Waals surface area contributed by atoms with Crippen LogP contribution in [0.5, 0.6) is 11.5 Å². The summed E-state index contributed by atoms with van der Waals surface area (Å²) in [6.45, 7) is 2.03. The molecule has 1 amide bonds. The molecule has 3 rings (SSSR count). The van der Waals surface area contributed by atoms with E-state index in [1.807, 2.05) is 31.2 Å². The minimum absolute atomic E-state index is 0.0404. The topological polar surface area (TPSA) is 113 Å². The van der Waals surface area contributed by atoms with Crippen molar-refractivity contribution in [2.75, 3.05) is 12.4 Å². The average Bonchev–Trinajstić information content (AvgIpc) is 3.22. The molecule has 0 saturated heterocycles. The number of tetrazole rings is 1. The first-order valence-electron chi connectivity index (χ1n) is 8.60. The number of methoxy groups -OCH3 is 1. The molecule has 1 aromatic heterocycles. The third-order valence-electron chi connectivity index (χ3n) is 4.33. The van der Waals surface area contributed by atoms with Gasteiger partial charge in [0.25, 0.3) is 0 Å². The predicted molar refractivity (Wildman–Crippen MR) is 99.7 cm³/mol. The van der Waals surface area contributed by atoms with Crippen molar-refractivity contribution < 1.29 is 14.6 Å². The van der Waals surface area contributed by atoms with Crippen molar-refractivity contribution in [1.82, 2.24) is 20.6 Å². The van der Waals surface area contributed by atoms with Crippen LogP contribution in [0.1, 0.15) is 29.8 Å². The highest BCUT2D eigenvalue weighted by Crippen LogP contribution is 2.29. The molecule has 0 radical (unpaired) electrons. The van der Waals surface area contributed by atoms with E-state index in [-0.39, 0.29) is 11.7 Å². The number of hydrogen-bond acceptors (Lipinski definition) is 6. The molecular formula is C19H21N5O3. The molecule has 8 heteroatoms. The normalized spacial score (nSPS) is 11.8. The van der Waals surface area contributed by atoms with Gasteiger partial charge in [-0.25, -0.2) is 0 Å². The quantitative estimate of drug-likeness (QED) is 0.591. The molecule has 0 aliphatic rings. The Morgan fingerprint density at radius 2 is 2.11 bits per heavy atom. The number of carbonyl (C=O) groups excluding carboxylic acids is 1. The largest absolute Gasteiger partial charge is 0.504 e. The maximum Gasteiger partial charge on any atom is 0.235 e. The number of aryl methyl sites for hydroxylation is 1. The van der Waals surface area contributed by atoms with Crippen molar-refractivity contribution in [3.05, 3.63) is 59.4 Å². The van der Waals surface area contributed by atoms with Crippen LogP contribution in [-0.4, -0.2) is 38.7 Å². The lowest BCUT2D eigenvalue weighted by Crippen LogP contribution is -2.24. The molecule has 1 unspecified atom stereocenters. The van der Waals surface area contributed by atoms with Gasteiger partial charge in [0.05, 0.1) is 7.11 Å². The van der Waals surface area contributed by atoms with Gasteiger partial charge in [-0.3, -0.25) is 4.79 Å². The first kappa shape index (κ1) is 18.4. The lowest BCUT2D eigenvalue weighted by Gasteiger charge is -2.16. The van der Waals surface area contributed by atoms with E-state index in [1.165, 1.54) is 13.2 Å². The monoisotopic (exact) mass is 367 g/mol. The third-order valence-corrected chi connectivity index (χ3v) is 4.33. The van der Waals surface area contributed by atoms with Crippen molar-refractivity contribution in [3.63, 3.8) is 0 Å². The molecule has 0 fully saturated rings. The van der Waals surface area contributed by atoms with Crippen molar-refractivity contribution in [3.8, 4) is 11.5 Å². The van der Waals surface area contributed by atoms with Gasteiger partial charge in [-0.2, -0.15) is 5.21 Å². The molecule has 3 N–H and O–H groups in total. The van der Waals surface area contributed by atoms with E-state index in [0.717, 1.165) is 23.2 Å². The molecule has 27 heavy (non-hydrogen) atoms. The number of H-pyrrole nitrogens is 1. The number of para-hydroxylation sites is 1. The van der Waals surface area contributed by atoms with Crippen molar-refractivity contribution in [2.45, 2.75) is 25.7 Å². The molecule has 0 bridgehead atoms. The zero-order chi connectivity index (χ0) is 19.2. The lowest BCUT2D eigenvalue weighted by atomic mass is 9.97. The fraction of sp³-hybridized carbons (Fsp3) is 0.263. The Morgan fingerprint density at radius 3 is 2.81 bits per heavy atom. The van der Waals surface area contributed by atoms with E-state index in [4.69, 9.17) is 4.74 Å². The van der Waals surface area contributed by atoms with Gasteiger partial charge in [-0.05, 0) is 42.2 Å². The number of aromatic amines is 1. The third kappa shape index (κ3) is 4.22. The lowest BCUT2D eigenvalue weighted by molar-refractivity contribution is -0.117. The number of phenols is 1. The van der Waals surface area contributed by atoms with Crippen molar-refractivity contribution in [2.24, 2.45) is 0 Å². The van der Waals surface area contributed by atoms with E-state index < -0.39 is 5.92 Å². The van der Waals surface area contributed by atoms with Gasteiger partial charge in [0, 0.05) is 5.69 Å². The second-order valence-electron chi connectivity index (χ2n) is 6.03. The summed E-state index contributed by atoms with van der Waals surface area (Å²) in [5, 5.41) is 26.7. The summed E-state index contributed by atoms with van der Waals surface area (Å²) >= 11 is 0. The van der Waals surface area contributed by atoms with Gasteiger partial charge in [-0.1, -0.05) is 36.4 Å². The van der Waals surface area contributed by atoms with Crippen LogP contribution in [0.15, 0.2) is 42.5 Å². The van der Waals surface area contributed by atoms with E-state index in [2.05, 4.69) is 25.9 Å². The fourth-order valence-electron chi connectivity index (χ4n) is 2.87. The van der Waals surface area contributed by atoms with Crippen LogP contribution in [0.4, 0.5) is 5.69 Å². The van der Waals surface area contributed by atoms with Crippen LogP contribution in [0.3, 0.4) is 0 Å². The Hall–Kier alpha value is -3.42. The molecule has 0 spiro atoms. The van der Waals surface area contributed by atoms with Crippen LogP contribution in [0, 0.1) is 0 Å². The Balaban J connectivity index is 1.87. The number of nitrogens with zero attached hydrogens (tertiary/aromatic N) is 3.